The highest BCUT2D eigenvalue weighted by molar-refractivity contribution is 5.45. The van der Waals surface area contributed by atoms with Crippen molar-refractivity contribution < 1.29 is 0 Å². The van der Waals surface area contributed by atoms with Crippen molar-refractivity contribution in [3.63, 3.8) is 0 Å². The summed E-state index contributed by atoms with van der Waals surface area (Å²) in [4.78, 5) is 7.03. The van der Waals surface area contributed by atoms with Gasteiger partial charge >= 0.3 is 0 Å². The first-order valence-corrected chi connectivity index (χ1v) is 6.62. The van der Waals surface area contributed by atoms with Crippen LogP contribution in [0.2, 0.25) is 0 Å². The van der Waals surface area contributed by atoms with Crippen LogP contribution in [0.3, 0.4) is 0 Å². The standard InChI is InChI=1S/C14H23N3/c1-11(2)17-10-5-4-8-13(17)12-7-6-9-16-14(12)15-3/h6-7,9,11,13H,4-5,8,10H2,1-3H3,(H,15,16). The Bertz CT molecular complexity index is 362. The molecule has 2 rings (SSSR count). The highest BCUT2D eigenvalue weighted by Crippen LogP contribution is 2.35. The van der Waals surface area contributed by atoms with Crippen LogP contribution in [0.1, 0.15) is 44.7 Å². The fourth-order valence-electron chi connectivity index (χ4n) is 2.80. The number of rotatable bonds is 3. The molecule has 3 nitrogen and oxygen atoms in total. The quantitative estimate of drug-likeness (QED) is 0.869. The molecule has 17 heavy (non-hydrogen) atoms. The summed E-state index contributed by atoms with van der Waals surface area (Å²) >= 11 is 0. The predicted octanol–water partition coefficient (Wildman–Crippen LogP) is 3.06. The van der Waals surface area contributed by atoms with Gasteiger partial charge in [-0.2, -0.15) is 0 Å². The van der Waals surface area contributed by atoms with Gasteiger partial charge in [0.2, 0.25) is 0 Å². The average Bonchev–Trinajstić information content (AvgIpc) is 2.38. The van der Waals surface area contributed by atoms with Gasteiger partial charge in [0.1, 0.15) is 5.82 Å². The summed E-state index contributed by atoms with van der Waals surface area (Å²) in [6.45, 7) is 5.78. The maximum absolute atomic E-state index is 4.43. The Morgan fingerprint density at radius 2 is 2.24 bits per heavy atom. The Kier molecular flexibility index (Phi) is 4.00. The Morgan fingerprint density at radius 1 is 1.41 bits per heavy atom. The molecule has 0 amide bonds. The van der Waals surface area contributed by atoms with Crippen LogP contribution in [0.4, 0.5) is 5.82 Å². The van der Waals surface area contributed by atoms with E-state index in [2.05, 4.69) is 35.1 Å². The topological polar surface area (TPSA) is 28.2 Å². The van der Waals surface area contributed by atoms with Crippen LogP contribution in [0.25, 0.3) is 0 Å². The lowest BCUT2D eigenvalue weighted by atomic mass is 9.94. The van der Waals surface area contributed by atoms with E-state index in [4.69, 9.17) is 0 Å². The van der Waals surface area contributed by atoms with Gasteiger partial charge in [0.05, 0.1) is 0 Å². The van der Waals surface area contributed by atoms with E-state index in [1.807, 2.05) is 19.3 Å². The van der Waals surface area contributed by atoms with Crippen molar-refractivity contribution in [2.75, 3.05) is 18.9 Å². The second-order valence-electron chi connectivity index (χ2n) is 5.03. The number of pyridine rings is 1. The van der Waals surface area contributed by atoms with Crippen molar-refractivity contribution >= 4 is 5.82 Å². The molecule has 1 aromatic rings. The number of hydrogen-bond acceptors (Lipinski definition) is 3. The number of piperidine rings is 1. The first-order chi connectivity index (χ1) is 8.24. The molecule has 1 fully saturated rings. The molecular formula is C14H23N3. The molecular weight excluding hydrogens is 210 g/mol. The second-order valence-corrected chi connectivity index (χ2v) is 5.03. The third-order valence-corrected chi connectivity index (χ3v) is 3.64. The minimum Gasteiger partial charge on any atom is -0.373 e. The Labute approximate surface area is 104 Å². The molecule has 0 aromatic carbocycles. The van der Waals surface area contributed by atoms with Crippen molar-refractivity contribution in [3.05, 3.63) is 23.9 Å². The van der Waals surface area contributed by atoms with Gasteiger partial charge in [-0.25, -0.2) is 4.98 Å². The summed E-state index contributed by atoms with van der Waals surface area (Å²) in [6, 6.07) is 5.39. The van der Waals surface area contributed by atoms with Gasteiger partial charge < -0.3 is 5.32 Å². The minimum atomic E-state index is 0.528. The Balaban J connectivity index is 2.29. The van der Waals surface area contributed by atoms with Gasteiger partial charge in [0.25, 0.3) is 0 Å². The van der Waals surface area contributed by atoms with Crippen molar-refractivity contribution in [2.45, 2.75) is 45.2 Å². The van der Waals surface area contributed by atoms with Gasteiger partial charge in [-0.1, -0.05) is 12.5 Å². The first-order valence-electron chi connectivity index (χ1n) is 6.62. The van der Waals surface area contributed by atoms with Crippen LogP contribution in [0, 0.1) is 0 Å². The summed E-state index contributed by atoms with van der Waals surface area (Å²) in [6.07, 6.45) is 5.76. The number of hydrogen-bond donors (Lipinski definition) is 1. The zero-order chi connectivity index (χ0) is 12.3. The Hall–Kier alpha value is -1.09. The van der Waals surface area contributed by atoms with E-state index >= 15 is 0 Å². The molecule has 1 aromatic heterocycles. The van der Waals surface area contributed by atoms with E-state index in [1.165, 1.54) is 31.4 Å². The number of likely N-dealkylation sites (tertiary alicyclic amines) is 1. The number of nitrogens with zero attached hydrogens (tertiary/aromatic N) is 2. The normalized spacial score (nSPS) is 21.8. The van der Waals surface area contributed by atoms with Crippen LogP contribution < -0.4 is 5.32 Å². The minimum absolute atomic E-state index is 0.528. The number of nitrogens with one attached hydrogen (secondary N) is 1. The van der Waals surface area contributed by atoms with Crippen LogP contribution in [0.15, 0.2) is 18.3 Å². The SMILES string of the molecule is CNc1ncccc1C1CCCCN1C(C)C. The van der Waals surface area contributed by atoms with E-state index < -0.39 is 0 Å². The van der Waals surface area contributed by atoms with Crippen LogP contribution in [0.5, 0.6) is 0 Å². The molecule has 1 aliphatic heterocycles. The summed E-state index contributed by atoms with van der Waals surface area (Å²) in [5.74, 6) is 1.03. The zero-order valence-corrected chi connectivity index (χ0v) is 11.1. The second kappa shape index (κ2) is 5.50. The van der Waals surface area contributed by atoms with E-state index in [0.717, 1.165) is 5.82 Å². The third kappa shape index (κ3) is 2.60. The molecule has 1 atom stereocenters. The molecule has 1 aliphatic rings. The van der Waals surface area contributed by atoms with E-state index in [0.29, 0.717) is 12.1 Å². The lowest BCUT2D eigenvalue weighted by molar-refractivity contribution is 0.112. The predicted molar refractivity (Wildman–Crippen MR) is 72.2 cm³/mol. The lowest BCUT2D eigenvalue weighted by Gasteiger charge is -2.39. The van der Waals surface area contributed by atoms with Crippen molar-refractivity contribution in [2.24, 2.45) is 0 Å². The first kappa shape index (κ1) is 12.4. The van der Waals surface area contributed by atoms with Crippen LogP contribution in [-0.2, 0) is 0 Å². The fourth-order valence-corrected chi connectivity index (χ4v) is 2.80. The summed E-state index contributed by atoms with van der Waals surface area (Å²) < 4.78 is 0. The van der Waals surface area contributed by atoms with Crippen LogP contribution >= 0.6 is 0 Å². The highest BCUT2D eigenvalue weighted by atomic mass is 15.2. The van der Waals surface area contributed by atoms with E-state index in [1.54, 1.807) is 0 Å². The Morgan fingerprint density at radius 3 is 2.94 bits per heavy atom. The molecule has 0 radical (unpaired) electrons. The number of aromatic nitrogens is 1. The molecule has 1 unspecified atom stereocenters. The van der Waals surface area contributed by atoms with Gasteiger partial charge in [-0.3, -0.25) is 4.90 Å². The maximum atomic E-state index is 4.43. The van der Waals surface area contributed by atoms with Crippen molar-refractivity contribution in [3.8, 4) is 0 Å². The van der Waals surface area contributed by atoms with Gasteiger partial charge in [-0.05, 0) is 39.3 Å². The van der Waals surface area contributed by atoms with Crippen molar-refractivity contribution in [1.29, 1.82) is 0 Å². The molecule has 0 aliphatic carbocycles. The van der Waals surface area contributed by atoms with E-state index in [9.17, 15) is 0 Å². The fraction of sp³-hybridized carbons (Fsp3) is 0.643. The highest BCUT2D eigenvalue weighted by Gasteiger charge is 2.27. The average molecular weight is 233 g/mol. The molecule has 94 valence electrons. The van der Waals surface area contributed by atoms with Crippen molar-refractivity contribution in [1.82, 2.24) is 9.88 Å². The summed E-state index contributed by atoms with van der Waals surface area (Å²) in [7, 11) is 1.95. The van der Waals surface area contributed by atoms with Crippen LogP contribution in [-0.4, -0.2) is 29.5 Å². The monoisotopic (exact) mass is 233 g/mol. The maximum Gasteiger partial charge on any atom is 0.130 e. The van der Waals surface area contributed by atoms with E-state index in [-0.39, 0.29) is 0 Å². The van der Waals surface area contributed by atoms with Gasteiger partial charge in [0, 0.05) is 30.9 Å². The largest absolute Gasteiger partial charge is 0.373 e. The molecule has 0 bridgehead atoms. The summed E-state index contributed by atoms with van der Waals surface area (Å²) in [5.41, 5.74) is 1.35. The molecule has 1 saturated heterocycles. The molecule has 1 N–H and O–H groups in total. The lowest BCUT2D eigenvalue weighted by Crippen LogP contribution is -2.38. The molecule has 0 saturated carbocycles. The summed E-state index contributed by atoms with van der Waals surface area (Å²) in [5, 5.41) is 3.21. The molecule has 2 heterocycles. The van der Waals surface area contributed by atoms with Gasteiger partial charge in [-0.15, -0.1) is 0 Å². The smallest absolute Gasteiger partial charge is 0.130 e. The zero-order valence-electron chi connectivity index (χ0n) is 11.1. The third-order valence-electron chi connectivity index (χ3n) is 3.64. The molecule has 0 spiro atoms. The number of anilines is 1. The van der Waals surface area contributed by atoms with Gasteiger partial charge in [0.15, 0.2) is 0 Å². The molecule has 3 heteroatoms.